The number of thiol groups is 1. The van der Waals surface area contributed by atoms with Crippen LogP contribution in [-0.4, -0.2) is 260 Å². The fraction of sp³-hybridized carbons (Fsp3) is 0.565. The third-order valence-corrected chi connectivity index (χ3v) is 20.7. The Labute approximate surface area is 638 Å². The molecule has 36 nitrogen and oxygen atoms in total. The Bertz CT molecular complexity index is 4020. The molecule has 2 unspecified atom stereocenters. The van der Waals surface area contributed by atoms with E-state index in [2.05, 4.69) is 47.8 Å². The van der Waals surface area contributed by atoms with Crippen LogP contribution in [0, 0.1) is 17.8 Å². The number of aliphatic hydroxyl groups is 1. The largest absolute Gasteiger partial charge is 0.474 e. The van der Waals surface area contributed by atoms with Gasteiger partial charge < -0.3 is 85.9 Å². The smallest absolute Gasteiger partial charge is 0.410 e. The first-order chi connectivity index (χ1) is 52.4. The number of benzene rings is 2. The summed E-state index contributed by atoms with van der Waals surface area (Å²) in [6.45, 7) is -0.0588. The van der Waals surface area contributed by atoms with Gasteiger partial charge in [0.1, 0.15) is 37.4 Å². The van der Waals surface area contributed by atoms with Crippen LogP contribution in [0.15, 0.2) is 90.4 Å². The van der Waals surface area contributed by atoms with Crippen molar-refractivity contribution in [2.24, 2.45) is 17.8 Å². The molecule has 109 heavy (non-hydrogen) atoms. The fourth-order valence-corrected chi connectivity index (χ4v) is 14.8. The summed E-state index contributed by atoms with van der Waals surface area (Å²) < 4.78 is 101. The monoisotopic (exact) mass is 1600 g/mol. The number of Topliss-reactive ketones (excluding diaryl/α,β-unsaturated/α-hetero) is 2. The Kier molecular flexibility index (Phi) is 33.8. The van der Waals surface area contributed by atoms with Crippen LogP contribution < -0.4 is 20.9 Å². The van der Waals surface area contributed by atoms with Crippen LogP contribution in [0.25, 0.3) is 11.2 Å². The van der Waals surface area contributed by atoms with Crippen LogP contribution in [0.5, 0.6) is 5.88 Å². The molecule has 596 valence electrons. The molecule has 3 aromatic heterocycles. The highest BCUT2D eigenvalue weighted by Gasteiger charge is 2.51. The number of fused-ring (bicyclic) bond motifs is 4. The van der Waals surface area contributed by atoms with Gasteiger partial charge >= 0.3 is 19.6 Å². The van der Waals surface area contributed by atoms with Gasteiger partial charge in [-0.3, -0.25) is 57.9 Å². The van der Waals surface area contributed by atoms with E-state index in [1.165, 1.54) is 35.0 Å². The molecule has 9 rings (SSSR count). The summed E-state index contributed by atoms with van der Waals surface area (Å²) in [5, 5.41) is 17.1. The van der Waals surface area contributed by atoms with E-state index < -0.39 is 122 Å². The van der Waals surface area contributed by atoms with E-state index >= 15 is 0 Å². The third kappa shape index (κ3) is 26.7. The lowest BCUT2D eigenvalue weighted by atomic mass is 9.89. The first-order valence-corrected chi connectivity index (χ1v) is 40.6. The number of H-pyrrole nitrogens is 1. The third-order valence-electron chi connectivity index (χ3n) is 17.5. The number of carbonyl (C=O) groups is 7. The zero-order valence-corrected chi connectivity index (χ0v) is 64.1. The van der Waals surface area contributed by atoms with Gasteiger partial charge in [-0.2, -0.15) is 4.98 Å². The summed E-state index contributed by atoms with van der Waals surface area (Å²) in [6, 6.07) is 13.6. The van der Waals surface area contributed by atoms with Crippen molar-refractivity contribution < 1.29 is 118 Å². The number of ether oxygens (including phenoxy) is 11. The molecule has 2 aromatic carbocycles. The minimum Gasteiger partial charge on any atom is -0.474 e. The van der Waals surface area contributed by atoms with E-state index in [-0.39, 0.29) is 119 Å². The second-order valence-electron chi connectivity index (χ2n) is 25.8. The Balaban J connectivity index is 0.805. The maximum Gasteiger partial charge on any atom is 0.410 e. The number of nitrogens with zero attached hydrogens (tertiary/aromatic N) is 7. The summed E-state index contributed by atoms with van der Waals surface area (Å²) in [5.41, 5.74) is 0.224. The lowest BCUT2D eigenvalue weighted by Crippen LogP contribution is -2.45. The summed E-state index contributed by atoms with van der Waals surface area (Å²) in [7, 11) is 1.61. The number of hydrogen-bond acceptors (Lipinski definition) is 30. The number of hydrogen-bond donors (Lipinski definition) is 6. The molecule has 1 saturated carbocycles. The zero-order valence-electron chi connectivity index (χ0n) is 60.6. The number of rotatable bonds is 43. The first kappa shape index (κ1) is 85.7. The van der Waals surface area contributed by atoms with E-state index in [1.54, 1.807) is 69.5 Å². The van der Waals surface area contributed by atoms with E-state index in [0.29, 0.717) is 89.4 Å². The number of amides is 5. The van der Waals surface area contributed by atoms with Crippen molar-refractivity contribution in [2.75, 3.05) is 138 Å². The van der Waals surface area contributed by atoms with Gasteiger partial charge in [-0.25, -0.2) is 24.3 Å². The predicted molar refractivity (Wildman–Crippen MR) is 391 cm³/mol. The zero-order chi connectivity index (χ0) is 77.9. The molecule has 4 aliphatic rings. The van der Waals surface area contributed by atoms with Crippen molar-refractivity contribution in [3.8, 4) is 5.88 Å². The lowest BCUT2D eigenvalue weighted by Gasteiger charge is -2.27. The SMILES string of the molecule is COCCOCCOCCOCCOCCOCCOCCOCCN(Cc1ccccc1C(=O)Nc1nc2c(ncn2[C@@H]2O[C@@H]3COP(O)(=S)O[C@H]4C[C@H](Oc5ccncn5)C[C@@H]4COP(=O)(S)O[C@@H]2[C@@H]3O)c(=O)[nH]1)C(=O)OCc1ccc(CC(=O)[C@H](C)NC(=O)[C@@H](CC(=O)CN2C(=O)C=CC2=O)C(C)C)cc1. The number of methoxy groups -OCH3 is 1. The molecule has 5 aromatic rings. The van der Waals surface area contributed by atoms with Crippen molar-refractivity contribution in [1.29, 1.82) is 0 Å². The van der Waals surface area contributed by atoms with E-state index in [0.717, 1.165) is 23.4 Å². The Hall–Kier alpha value is -7.27. The number of anilines is 1. The number of aromatic nitrogens is 6. The van der Waals surface area contributed by atoms with Gasteiger partial charge in [0.2, 0.25) is 17.7 Å². The van der Waals surface area contributed by atoms with Crippen molar-refractivity contribution in [2.45, 2.75) is 102 Å². The number of carbonyl (C=O) groups excluding carboxylic acids is 7. The number of ketones is 2. The number of aliphatic hydroxyl groups excluding tert-OH is 1. The Morgan fingerprint density at radius 1 is 0.780 bits per heavy atom. The molecule has 3 aliphatic heterocycles. The van der Waals surface area contributed by atoms with E-state index in [4.69, 9.17) is 82.0 Å². The summed E-state index contributed by atoms with van der Waals surface area (Å²) in [4.78, 5) is 139. The molecule has 2 bridgehead atoms. The van der Waals surface area contributed by atoms with Crippen LogP contribution >= 0.6 is 25.8 Å². The van der Waals surface area contributed by atoms with E-state index in [1.807, 2.05) is 0 Å². The normalized spacial score (nSPS) is 22.7. The average Bonchev–Trinajstić information content (AvgIpc) is 1.61. The second-order valence-corrected chi connectivity index (χ2v) is 31.5. The Morgan fingerprint density at radius 3 is 2.03 bits per heavy atom. The highest BCUT2D eigenvalue weighted by Crippen LogP contribution is 2.59. The van der Waals surface area contributed by atoms with Gasteiger partial charge in [0, 0.05) is 81.3 Å². The second kappa shape index (κ2) is 42.9. The maximum atomic E-state index is 14.5. The molecule has 2 saturated heterocycles. The number of imidazole rings is 1. The first-order valence-electron chi connectivity index (χ1n) is 35.3. The molecule has 3 fully saturated rings. The van der Waals surface area contributed by atoms with Gasteiger partial charge in [-0.05, 0) is 53.8 Å². The van der Waals surface area contributed by atoms with E-state index in [9.17, 15) is 52.9 Å². The van der Waals surface area contributed by atoms with Gasteiger partial charge in [0.15, 0.2) is 29.0 Å². The van der Waals surface area contributed by atoms with Crippen LogP contribution in [0.4, 0.5) is 10.7 Å². The van der Waals surface area contributed by atoms with Crippen LogP contribution in [0.3, 0.4) is 0 Å². The number of aromatic amines is 1. The van der Waals surface area contributed by atoms with Crippen molar-refractivity contribution in [3.63, 3.8) is 0 Å². The highest BCUT2D eigenvalue weighted by molar-refractivity contribution is 8.44. The summed E-state index contributed by atoms with van der Waals surface area (Å²) in [5.74, 6) is -5.19. The molecule has 0 radical (unpaired) electrons. The van der Waals surface area contributed by atoms with Crippen molar-refractivity contribution in [3.05, 3.63) is 118 Å². The minimum absolute atomic E-state index is 0.00522. The van der Waals surface area contributed by atoms with Gasteiger partial charge in [-0.1, -0.05) is 68.6 Å². The molecule has 5 N–H and O–H groups in total. The predicted octanol–water partition coefficient (Wildman–Crippen LogP) is 4.02. The molecular weight excluding hydrogens is 1510 g/mol. The molecular formula is C69H92N10O26P2S2. The highest BCUT2D eigenvalue weighted by atomic mass is 32.7. The van der Waals surface area contributed by atoms with Gasteiger partial charge in [-0.15, -0.1) is 0 Å². The van der Waals surface area contributed by atoms with Crippen LogP contribution in [0.1, 0.15) is 73.3 Å². The van der Waals surface area contributed by atoms with Gasteiger partial charge in [0.25, 0.3) is 23.3 Å². The fourth-order valence-electron chi connectivity index (χ4n) is 11.7. The average molecular weight is 1600 g/mol. The number of imide groups is 1. The molecule has 40 heteroatoms. The molecule has 1 aliphatic carbocycles. The van der Waals surface area contributed by atoms with Crippen molar-refractivity contribution in [1.82, 2.24) is 44.6 Å². The summed E-state index contributed by atoms with van der Waals surface area (Å²) in [6.07, 6.45) is -1.93. The van der Waals surface area contributed by atoms with Crippen molar-refractivity contribution >= 4 is 96.0 Å². The van der Waals surface area contributed by atoms with Gasteiger partial charge in [0.05, 0.1) is 137 Å². The Morgan fingerprint density at radius 2 is 1.40 bits per heavy atom. The standard InChI is InChI=1S/C69H92N10O26P2S2/c1-44(2)53(35-50(80)38-78-58(82)13-14-59(78)83)65(86)73-45(3)54(81)33-46-9-11-47(12-10-46)39-99-69(88)77(17-18-92-21-22-94-25-26-96-29-30-98-32-31-97-28-27-95-24-23-93-20-19-91-4)37-48-7-5-6-8-52(48)64(85)75-68-74-63-60(66(87)76-68)72-43-79(63)67-62-61(84)56(103-67)41-101-106(89,108)104-55-36-51(102-57-15-16-70-42-71-57)34-49(55)40-100-107(90,109)105-62/h5-16,42-45,49,51,53,55-56,61-62,67,84H,17-41H2,1-4H3,(H,73,86)(H,89,108)(H,90,109)(H2,74,75,76,85,87)/t45-,49+,51+,53-,55-,56+,61+,62+,67+,106?,107?/m0/s1. The molecule has 11 atom stereocenters. The topological polar surface area (TPSA) is 435 Å². The molecule has 5 amide bonds. The number of nitrogens with one attached hydrogen (secondary N) is 3. The quantitative estimate of drug-likeness (QED) is 0.0139. The van der Waals surface area contributed by atoms with Crippen LogP contribution in [0.2, 0.25) is 0 Å². The van der Waals surface area contributed by atoms with Crippen LogP contribution in [-0.2, 0) is 125 Å². The minimum atomic E-state index is -4.42. The summed E-state index contributed by atoms with van der Waals surface area (Å²) >= 11 is 9.68. The molecule has 0 spiro atoms. The molecule has 6 heterocycles. The maximum absolute atomic E-state index is 14.5. The lowest BCUT2D eigenvalue weighted by molar-refractivity contribution is -0.141.